The van der Waals surface area contributed by atoms with Crippen LogP contribution in [0.15, 0.2) is 18.2 Å². The molecule has 0 saturated carbocycles. The highest BCUT2D eigenvalue weighted by molar-refractivity contribution is 5.95. The summed E-state index contributed by atoms with van der Waals surface area (Å²) in [5.41, 5.74) is 2.36. The number of hydrogen-bond acceptors (Lipinski definition) is 5. The van der Waals surface area contributed by atoms with Gasteiger partial charge in [0.2, 0.25) is 5.91 Å². The molecule has 3 rings (SSSR count). The third-order valence-electron chi connectivity index (χ3n) is 6.79. The predicted molar refractivity (Wildman–Crippen MR) is 117 cm³/mol. The lowest BCUT2D eigenvalue weighted by molar-refractivity contribution is -0.140. The maximum atomic E-state index is 13.2. The smallest absolute Gasteiger partial charge is 0.254 e. The zero-order valence-corrected chi connectivity index (χ0v) is 18.7. The maximum absolute atomic E-state index is 13.2. The van der Waals surface area contributed by atoms with E-state index in [1.807, 2.05) is 44.9 Å². The van der Waals surface area contributed by atoms with E-state index in [0.717, 1.165) is 36.9 Å². The number of benzene rings is 1. The fourth-order valence-electron chi connectivity index (χ4n) is 4.71. The van der Waals surface area contributed by atoms with Crippen LogP contribution >= 0.6 is 0 Å². The van der Waals surface area contributed by atoms with Crippen LogP contribution in [0, 0.1) is 12.8 Å². The molecule has 2 fully saturated rings. The Morgan fingerprint density at radius 3 is 2.80 bits per heavy atom. The first-order chi connectivity index (χ1) is 14.2. The molecule has 1 aromatic rings. The number of aliphatic hydroxyl groups excluding tert-OH is 1. The molecule has 0 radical (unpaired) electrons. The van der Waals surface area contributed by atoms with Crippen LogP contribution in [-0.4, -0.2) is 59.9 Å². The molecule has 0 bridgehead atoms. The zero-order valence-electron chi connectivity index (χ0n) is 18.7. The Hall–Kier alpha value is -1.96. The topological polar surface area (TPSA) is 93.7 Å². The van der Waals surface area contributed by atoms with Crippen molar-refractivity contribution in [1.29, 1.82) is 0 Å². The molecule has 30 heavy (non-hydrogen) atoms. The van der Waals surface area contributed by atoms with Gasteiger partial charge in [-0.15, -0.1) is 0 Å². The summed E-state index contributed by atoms with van der Waals surface area (Å²) in [6.45, 7) is 9.00. The predicted octanol–water partition coefficient (Wildman–Crippen LogP) is 1.70. The molecule has 6 atom stereocenters. The molecule has 1 aromatic carbocycles. The first-order valence-corrected chi connectivity index (χ1v) is 11.1. The second-order valence-electron chi connectivity index (χ2n) is 9.03. The minimum atomic E-state index is -1.12. The van der Waals surface area contributed by atoms with Crippen molar-refractivity contribution >= 4 is 11.8 Å². The quantitative estimate of drug-likeness (QED) is 0.530. The van der Waals surface area contributed by atoms with Gasteiger partial charge in [-0.25, -0.2) is 0 Å². The summed E-state index contributed by atoms with van der Waals surface area (Å²) in [4.78, 5) is 27.8. The van der Waals surface area contributed by atoms with Gasteiger partial charge in [-0.1, -0.05) is 13.0 Å². The summed E-state index contributed by atoms with van der Waals surface area (Å²) >= 11 is 0. The molecule has 7 nitrogen and oxygen atoms in total. The van der Waals surface area contributed by atoms with E-state index < -0.39 is 6.35 Å². The molecule has 2 aliphatic heterocycles. The Labute approximate surface area is 179 Å². The molecular weight excluding hydrogens is 380 g/mol. The number of likely N-dealkylation sites (tertiary alicyclic amines) is 1. The standard InChI is InChI=1S/C23H36N4O3/c1-6-14(3)25-23(30)26-21(28)16-8-7-13(2)18(10-16)19-11-17-12-24-15(4)9-20(17)27(5)22(19)29/h7-8,10,14-15,17,19-20,23-25,30H,6,9,11-12H2,1-5H3,(H,26,28). The van der Waals surface area contributed by atoms with Gasteiger partial charge in [-0.3, -0.25) is 14.9 Å². The first kappa shape index (κ1) is 22.7. The number of piperidine rings is 2. The van der Waals surface area contributed by atoms with Crippen molar-refractivity contribution in [1.82, 2.24) is 20.9 Å². The van der Waals surface area contributed by atoms with Crippen LogP contribution in [-0.2, 0) is 4.79 Å². The minimum Gasteiger partial charge on any atom is -0.361 e. The van der Waals surface area contributed by atoms with E-state index in [2.05, 4.69) is 22.9 Å². The number of hydrogen-bond donors (Lipinski definition) is 4. The van der Waals surface area contributed by atoms with Gasteiger partial charge in [-0.05, 0) is 69.2 Å². The van der Waals surface area contributed by atoms with Gasteiger partial charge in [0.05, 0.1) is 5.92 Å². The number of carbonyl (C=O) groups excluding carboxylic acids is 2. The number of aliphatic hydroxyl groups is 1. The lowest BCUT2D eigenvalue weighted by Crippen LogP contribution is -2.57. The summed E-state index contributed by atoms with van der Waals surface area (Å²) in [7, 11) is 1.91. The highest BCUT2D eigenvalue weighted by atomic mass is 16.3. The zero-order chi connectivity index (χ0) is 22.0. The summed E-state index contributed by atoms with van der Waals surface area (Å²) in [6.07, 6.45) is 1.49. The Morgan fingerprint density at radius 2 is 2.10 bits per heavy atom. The fourth-order valence-corrected chi connectivity index (χ4v) is 4.71. The Bertz CT molecular complexity index is 784. The number of aryl methyl sites for hydroxylation is 1. The Morgan fingerprint density at radius 1 is 1.37 bits per heavy atom. The largest absolute Gasteiger partial charge is 0.361 e. The van der Waals surface area contributed by atoms with E-state index in [9.17, 15) is 14.7 Å². The monoisotopic (exact) mass is 416 g/mol. The van der Waals surface area contributed by atoms with Crippen LogP contribution in [0.2, 0.25) is 0 Å². The van der Waals surface area contributed by atoms with Crippen LogP contribution < -0.4 is 16.0 Å². The lowest BCUT2D eigenvalue weighted by Gasteiger charge is -2.47. The average molecular weight is 417 g/mol. The van der Waals surface area contributed by atoms with Crippen LogP contribution in [0.5, 0.6) is 0 Å². The second kappa shape index (κ2) is 9.45. The van der Waals surface area contributed by atoms with Crippen LogP contribution in [0.3, 0.4) is 0 Å². The van der Waals surface area contributed by atoms with E-state index in [-0.39, 0.29) is 29.8 Å². The third-order valence-corrected chi connectivity index (χ3v) is 6.79. The second-order valence-corrected chi connectivity index (χ2v) is 9.03. The van der Waals surface area contributed by atoms with E-state index in [0.29, 0.717) is 17.5 Å². The van der Waals surface area contributed by atoms with Crippen molar-refractivity contribution < 1.29 is 14.7 Å². The van der Waals surface area contributed by atoms with Gasteiger partial charge in [-0.2, -0.15) is 0 Å². The van der Waals surface area contributed by atoms with Crippen LogP contribution in [0.4, 0.5) is 0 Å². The summed E-state index contributed by atoms with van der Waals surface area (Å²) in [6, 6.07) is 6.23. The van der Waals surface area contributed by atoms with Crippen molar-refractivity contribution in [2.45, 2.75) is 77.4 Å². The number of carbonyl (C=O) groups is 2. The van der Waals surface area contributed by atoms with Crippen molar-refractivity contribution in [3.05, 3.63) is 34.9 Å². The molecule has 2 heterocycles. The molecule has 0 spiro atoms. The molecule has 2 amide bonds. The summed E-state index contributed by atoms with van der Waals surface area (Å²) < 4.78 is 0. The first-order valence-electron chi connectivity index (χ1n) is 11.1. The molecule has 2 aliphatic rings. The van der Waals surface area contributed by atoms with Gasteiger partial charge in [0.15, 0.2) is 6.35 Å². The van der Waals surface area contributed by atoms with Gasteiger partial charge < -0.3 is 20.6 Å². The Kier molecular flexibility index (Phi) is 7.16. The molecule has 0 aromatic heterocycles. The molecule has 7 heteroatoms. The summed E-state index contributed by atoms with van der Waals surface area (Å²) in [5, 5.41) is 19.1. The normalized spacial score (nSPS) is 28.6. The molecule has 2 saturated heterocycles. The molecule has 0 aliphatic carbocycles. The summed E-state index contributed by atoms with van der Waals surface area (Å²) in [5.74, 6) is -0.0682. The maximum Gasteiger partial charge on any atom is 0.254 e. The molecule has 4 N–H and O–H groups in total. The van der Waals surface area contributed by atoms with Gasteiger partial charge >= 0.3 is 0 Å². The van der Waals surface area contributed by atoms with Gasteiger partial charge in [0, 0.05) is 37.3 Å². The number of likely N-dealkylation sites (N-methyl/N-ethyl adjacent to an activating group) is 1. The van der Waals surface area contributed by atoms with Crippen LogP contribution in [0.1, 0.15) is 67.4 Å². The van der Waals surface area contributed by atoms with E-state index >= 15 is 0 Å². The van der Waals surface area contributed by atoms with Crippen molar-refractivity contribution in [2.24, 2.45) is 5.92 Å². The van der Waals surface area contributed by atoms with Gasteiger partial charge in [0.25, 0.3) is 5.91 Å². The highest BCUT2D eigenvalue weighted by Gasteiger charge is 2.43. The third kappa shape index (κ3) is 4.85. The number of fused-ring (bicyclic) bond motifs is 1. The highest BCUT2D eigenvalue weighted by Crippen LogP contribution is 2.38. The van der Waals surface area contributed by atoms with Crippen molar-refractivity contribution in [3.63, 3.8) is 0 Å². The Balaban J connectivity index is 1.78. The van der Waals surface area contributed by atoms with E-state index in [4.69, 9.17) is 0 Å². The number of amides is 2. The van der Waals surface area contributed by atoms with Crippen LogP contribution in [0.25, 0.3) is 0 Å². The number of nitrogens with zero attached hydrogens (tertiary/aromatic N) is 1. The molecular formula is C23H36N4O3. The fraction of sp³-hybridized carbons (Fsp3) is 0.652. The average Bonchev–Trinajstić information content (AvgIpc) is 2.71. The van der Waals surface area contributed by atoms with E-state index in [1.54, 1.807) is 6.07 Å². The number of nitrogens with one attached hydrogen (secondary N) is 3. The van der Waals surface area contributed by atoms with E-state index in [1.165, 1.54) is 0 Å². The van der Waals surface area contributed by atoms with Gasteiger partial charge in [0.1, 0.15) is 0 Å². The SMILES string of the molecule is CCC(C)NC(O)NC(=O)c1ccc(C)c(C2CC3CNC(C)CC3N(C)C2=O)c1. The van der Waals surface area contributed by atoms with Crippen molar-refractivity contribution in [3.8, 4) is 0 Å². The van der Waals surface area contributed by atoms with Crippen molar-refractivity contribution in [2.75, 3.05) is 13.6 Å². The molecule has 6 unspecified atom stereocenters. The number of rotatable bonds is 6. The minimum absolute atomic E-state index is 0.0871. The molecule has 166 valence electrons. The lowest BCUT2D eigenvalue weighted by atomic mass is 9.75.